The maximum absolute atomic E-state index is 12.4. The molecule has 2 N–H and O–H groups in total. The summed E-state index contributed by atoms with van der Waals surface area (Å²) in [6.07, 6.45) is 3.85. The van der Waals surface area contributed by atoms with Gasteiger partial charge in [-0.3, -0.25) is 4.79 Å². The van der Waals surface area contributed by atoms with Crippen LogP contribution in [0.25, 0.3) is 0 Å². The minimum Gasteiger partial charge on any atom is -0.381 e. The summed E-state index contributed by atoms with van der Waals surface area (Å²) in [4.78, 5) is 12.4. The summed E-state index contributed by atoms with van der Waals surface area (Å²) in [6.45, 7) is 4.19. The highest BCUT2D eigenvalue weighted by atomic mass is 16.5. The van der Waals surface area contributed by atoms with Gasteiger partial charge in [0.1, 0.15) is 0 Å². The molecule has 22 heavy (non-hydrogen) atoms. The van der Waals surface area contributed by atoms with Crippen LogP contribution in [0, 0.1) is 5.92 Å². The molecular formula is C18H26N2O2. The van der Waals surface area contributed by atoms with Crippen molar-refractivity contribution in [2.45, 2.75) is 31.1 Å². The molecule has 120 valence electrons. The third-order valence-electron chi connectivity index (χ3n) is 5.15. The fourth-order valence-corrected chi connectivity index (χ4v) is 3.61. The van der Waals surface area contributed by atoms with Gasteiger partial charge in [-0.25, -0.2) is 0 Å². The Morgan fingerprint density at radius 2 is 1.86 bits per heavy atom. The molecule has 0 saturated carbocycles. The van der Waals surface area contributed by atoms with Crippen LogP contribution in [0.15, 0.2) is 30.3 Å². The molecule has 1 aromatic carbocycles. The fourth-order valence-electron chi connectivity index (χ4n) is 3.61. The molecule has 0 aromatic heterocycles. The summed E-state index contributed by atoms with van der Waals surface area (Å²) in [6, 6.07) is 10.6. The number of benzene rings is 1. The summed E-state index contributed by atoms with van der Waals surface area (Å²) in [5, 5.41) is 6.55. The van der Waals surface area contributed by atoms with E-state index in [-0.39, 0.29) is 17.2 Å². The van der Waals surface area contributed by atoms with Crippen molar-refractivity contribution in [2.24, 2.45) is 5.92 Å². The molecule has 4 heteroatoms. The molecule has 2 heterocycles. The van der Waals surface area contributed by atoms with Crippen LogP contribution >= 0.6 is 0 Å². The lowest BCUT2D eigenvalue weighted by Crippen LogP contribution is -2.47. The first-order valence-corrected chi connectivity index (χ1v) is 8.42. The van der Waals surface area contributed by atoms with Gasteiger partial charge in [-0.15, -0.1) is 0 Å². The molecule has 0 radical (unpaired) electrons. The molecular weight excluding hydrogens is 276 g/mol. The zero-order valence-corrected chi connectivity index (χ0v) is 13.1. The summed E-state index contributed by atoms with van der Waals surface area (Å²) in [7, 11) is 0. The third kappa shape index (κ3) is 3.50. The minimum atomic E-state index is 0.0298. The number of hydrogen-bond donors (Lipinski definition) is 2. The van der Waals surface area contributed by atoms with Crippen LogP contribution in [0.1, 0.15) is 31.2 Å². The number of carbonyl (C=O) groups excluding carboxylic acids is 1. The highest BCUT2D eigenvalue weighted by molar-refractivity contribution is 5.78. The van der Waals surface area contributed by atoms with Gasteiger partial charge in [-0.1, -0.05) is 30.3 Å². The van der Waals surface area contributed by atoms with Crippen molar-refractivity contribution in [1.29, 1.82) is 0 Å². The lowest BCUT2D eigenvalue weighted by Gasteiger charge is -2.38. The highest BCUT2D eigenvalue weighted by Gasteiger charge is 2.35. The number of hydrogen-bond acceptors (Lipinski definition) is 3. The minimum absolute atomic E-state index is 0.0298. The quantitative estimate of drug-likeness (QED) is 0.892. The van der Waals surface area contributed by atoms with Gasteiger partial charge < -0.3 is 15.4 Å². The molecule has 1 aromatic rings. The molecule has 4 nitrogen and oxygen atoms in total. The van der Waals surface area contributed by atoms with E-state index in [1.54, 1.807) is 0 Å². The molecule has 0 unspecified atom stereocenters. The van der Waals surface area contributed by atoms with Crippen LogP contribution in [0.4, 0.5) is 0 Å². The molecule has 0 spiro atoms. The first-order chi connectivity index (χ1) is 10.8. The van der Waals surface area contributed by atoms with Crippen molar-refractivity contribution >= 4 is 5.91 Å². The second-order valence-electron chi connectivity index (χ2n) is 6.50. The summed E-state index contributed by atoms with van der Waals surface area (Å²) >= 11 is 0. The Labute approximate surface area is 132 Å². The summed E-state index contributed by atoms with van der Waals surface area (Å²) in [5.41, 5.74) is 1.35. The Hall–Kier alpha value is -1.39. The number of amides is 1. The molecule has 2 aliphatic heterocycles. The molecule has 2 fully saturated rings. The zero-order valence-electron chi connectivity index (χ0n) is 13.1. The van der Waals surface area contributed by atoms with Crippen LogP contribution in [-0.2, 0) is 14.9 Å². The number of piperidine rings is 1. The predicted molar refractivity (Wildman–Crippen MR) is 86.8 cm³/mol. The van der Waals surface area contributed by atoms with Crippen molar-refractivity contribution in [3.8, 4) is 0 Å². The third-order valence-corrected chi connectivity index (χ3v) is 5.15. The van der Waals surface area contributed by atoms with E-state index in [2.05, 4.69) is 34.9 Å². The van der Waals surface area contributed by atoms with E-state index in [0.717, 1.165) is 58.5 Å². The maximum Gasteiger partial charge on any atom is 0.223 e. The van der Waals surface area contributed by atoms with E-state index in [1.165, 1.54) is 5.56 Å². The molecule has 0 bridgehead atoms. The van der Waals surface area contributed by atoms with Gasteiger partial charge in [0.25, 0.3) is 0 Å². The van der Waals surface area contributed by atoms with Gasteiger partial charge in [-0.05, 0) is 44.3 Å². The van der Waals surface area contributed by atoms with Crippen LogP contribution in [0.3, 0.4) is 0 Å². The lowest BCUT2D eigenvalue weighted by molar-refractivity contribution is -0.126. The van der Waals surface area contributed by atoms with Crippen molar-refractivity contribution in [1.82, 2.24) is 10.6 Å². The van der Waals surface area contributed by atoms with E-state index in [1.807, 2.05) is 6.07 Å². The average Bonchev–Trinajstić information content (AvgIpc) is 2.62. The van der Waals surface area contributed by atoms with Gasteiger partial charge in [0, 0.05) is 31.1 Å². The monoisotopic (exact) mass is 302 g/mol. The first kappa shape index (κ1) is 15.5. The fraction of sp³-hybridized carbons (Fsp3) is 0.611. The topological polar surface area (TPSA) is 50.4 Å². The summed E-state index contributed by atoms with van der Waals surface area (Å²) in [5.74, 6) is 0.400. The summed E-state index contributed by atoms with van der Waals surface area (Å²) < 4.78 is 5.55. The largest absolute Gasteiger partial charge is 0.381 e. The van der Waals surface area contributed by atoms with E-state index < -0.39 is 0 Å². The molecule has 3 rings (SSSR count). The van der Waals surface area contributed by atoms with Crippen LogP contribution in [-0.4, -0.2) is 38.8 Å². The second kappa shape index (κ2) is 7.25. The van der Waals surface area contributed by atoms with Gasteiger partial charge in [-0.2, -0.15) is 0 Å². The van der Waals surface area contributed by atoms with Gasteiger partial charge in [0.15, 0.2) is 0 Å². The zero-order chi connectivity index (χ0) is 15.3. The smallest absolute Gasteiger partial charge is 0.223 e. The normalized spacial score (nSPS) is 22.2. The highest BCUT2D eigenvalue weighted by Crippen LogP contribution is 2.34. The Morgan fingerprint density at radius 1 is 1.18 bits per heavy atom. The van der Waals surface area contributed by atoms with Crippen LogP contribution in [0.5, 0.6) is 0 Å². The Morgan fingerprint density at radius 3 is 2.55 bits per heavy atom. The standard InChI is InChI=1S/C18H26N2O2/c21-17(15-6-10-19-11-7-15)20-14-18(8-12-22-13-9-18)16-4-2-1-3-5-16/h1-5,15,19H,6-14H2,(H,20,21). The molecule has 0 aliphatic carbocycles. The maximum atomic E-state index is 12.4. The number of ether oxygens (including phenoxy) is 1. The predicted octanol–water partition coefficient (Wildman–Crippen LogP) is 1.85. The molecule has 2 saturated heterocycles. The second-order valence-corrected chi connectivity index (χ2v) is 6.50. The SMILES string of the molecule is O=C(NCC1(c2ccccc2)CCOCC1)C1CCNCC1. The molecule has 0 atom stereocenters. The van der Waals surface area contributed by atoms with Crippen molar-refractivity contribution < 1.29 is 9.53 Å². The van der Waals surface area contributed by atoms with Crippen molar-refractivity contribution in [3.05, 3.63) is 35.9 Å². The average molecular weight is 302 g/mol. The van der Waals surface area contributed by atoms with Crippen molar-refractivity contribution in [2.75, 3.05) is 32.8 Å². The van der Waals surface area contributed by atoms with Crippen molar-refractivity contribution in [3.63, 3.8) is 0 Å². The van der Waals surface area contributed by atoms with Crippen LogP contribution < -0.4 is 10.6 Å². The van der Waals surface area contributed by atoms with Gasteiger partial charge in [0.05, 0.1) is 0 Å². The Kier molecular flexibility index (Phi) is 5.11. The van der Waals surface area contributed by atoms with E-state index in [4.69, 9.17) is 4.74 Å². The van der Waals surface area contributed by atoms with E-state index in [9.17, 15) is 4.79 Å². The van der Waals surface area contributed by atoms with Gasteiger partial charge in [0.2, 0.25) is 5.91 Å². The van der Waals surface area contributed by atoms with E-state index in [0.29, 0.717) is 0 Å². The number of rotatable bonds is 4. The molecule has 1 amide bonds. The number of carbonyl (C=O) groups is 1. The van der Waals surface area contributed by atoms with E-state index >= 15 is 0 Å². The van der Waals surface area contributed by atoms with Gasteiger partial charge >= 0.3 is 0 Å². The lowest BCUT2D eigenvalue weighted by atomic mass is 9.74. The number of nitrogens with one attached hydrogen (secondary N) is 2. The first-order valence-electron chi connectivity index (χ1n) is 8.42. The van der Waals surface area contributed by atoms with Crippen LogP contribution in [0.2, 0.25) is 0 Å². The Bertz CT molecular complexity index is 477. The molecule has 2 aliphatic rings. The Balaban J connectivity index is 1.67.